The van der Waals surface area contributed by atoms with Crippen LogP contribution in [0.15, 0.2) is 72.8 Å². The molecule has 5 rings (SSSR count). The molecule has 2 heterocycles. The quantitative estimate of drug-likeness (QED) is 0.112. The molecule has 4 aromatic rings. The largest absolute Gasteiger partial charge is 0.453 e. The van der Waals surface area contributed by atoms with Gasteiger partial charge in [0.2, 0.25) is 0 Å². The van der Waals surface area contributed by atoms with Crippen molar-refractivity contribution >= 4 is 35.0 Å². The molecule has 1 aliphatic rings. The number of imide groups is 1. The zero-order chi connectivity index (χ0) is 36.3. The lowest BCUT2D eigenvalue weighted by atomic mass is 9.82. The third kappa shape index (κ3) is 7.65. The molecule has 3 aromatic carbocycles. The first-order valence-electron chi connectivity index (χ1n) is 16.2. The average molecular weight is 706 g/mol. The van der Waals surface area contributed by atoms with E-state index in [-0.39, 0.29) is 34.7 Å². The lowest BCUT2D eigenvalue weighted by Crippen LogP contribution is -2.49. The standard InChI is InChI=1S/C38H38F3N3O5S/c1-22(49-23(2)45)35(46)43(18-17-26(21-39)44-36(47)27-13-9-10-14-28(27)37(44)48)33(38(3,4)5)32-31(19-24-11-7-6-8-12-24)50-34(42-32)29-20-25(40)15-16-30(29)41/h6-16,20,22,26,33H,17-19,21H2,1-5H3/t22-,26+,33-/m1/s1. The Labute approximate surface area is 292 Å². The van der Waals surface area contributed by atoms with Crippen LogP contribution in [0.2, 0.25) is 0 Å². The van der Waals surface area contributed by atoms with Crippen LogP contribution >= 0.6 is 11.3 Å². The highest BCUT2D eigenvalue weighted by atomic mass is 32.1. The molecule has 0 saturated heterocycles. The van der Waals surface area contributed by atoms with E-state index in [0.29, 0.717) is 17.0 Å². The van der Waals surface area contributed by atoms with E-state index in [4.69, 9.17) is 9.72 Å². The van der Waals surface area contributed by atoms with E-state index in [2.05, 4.69) is 0 Å². The molecular formula is C38H38F3N3O5S. The molecule has 1 aliphatic heterocycles. The van der Waals surface area contributed by atoms with E-state index >= 15 is 4.39 Å². The van der Waals surface area contributed by atoms with Crippen LogP contribution < -0.4 is 0 Å². The highest BCUT2D eigenvalue weighted by Gasteiger charge is 2.43. The van der Waals surface area contributed by atoms with Crippen LogP contribution in [0.3, 0.4) is 0 Å². The fraction of sp³-hybridized carbons (Fsp3) is 0.342. The highest BCUT2D eigenvalue weighted by molar-refractivity contribution is 7.15. The maximum absolute atomic E-state index is 15.1. The van der Waals surface area contributed by atoms with Gasteiger partial charge in [0.1, 0.15) is 23.3 Å². The van der Waals surface area contributed by atoms with Crippen LogP contribution in [0.4, 0.5) is 13.2 Å². The normalized spacial score (nSPS) is 14.7. The number of nitrogens with zero attached hydrogens (tertiary/aromatic N) is 3. The predicted molar refractivity (Wildman–Crippen MR) is 183 cm³/mol. The molecule has 3 atom stereocenters. The van der Waals surface area contributed by atoms with Crippen molar-refractivity contribution in [3.63, 3.8) is 0 Å². The molecule has 8 nitrogen and oxygen atoms in total. The summed E-state index contributed by atoms with van der Waals surface area (Å²) in [5, 5.41) is 0.199. The van der Waals surface area contributed by atoms with Gasteiger partial charge in [-0.25, -0.2) is 18.2 Å². The number of amides is 3. The Kier molecular flexibility index (Phi) is 10.9. The minimum atomic E-state index is -1.25. The Balaban J connectivity index is 1.61. The fourth-order valence-corrected chi connectivity index (χ4v) is 7.43. The van der Waals surface area contributed by atoms with Gasteiger partial charge in [-0.05, 0) is 54.7 Å². The average Bonchev–Trinajstić information content (AvgIpc) is 3.58. The lowest BCUT2D eigenvalue weighted by Gasteiger charge is -2.41. The Morgan fingerprint density at radius 3 is 2.14 bits per heavy atom. The van der Waals surface area contributed by atoms with Crippen LogP contribution in [-0.4, -0.2) is 63.8 Å². The van der Waals surface area contributed by atoms with Gasteiger partial charge in [-0.2, -0.15) is 0 Å². The highest BCUT2D eigenvalue weighted by Crippen LogP contribution is 2.44. The molecule has 12 heteroatoms. The molecule has 0 fully saturated rings. The molecule has 0 radical (unpaired) electrons. The van der Waals surface area contributed by atoms with Crippen molar-refractivity contribution in [3.8, 4) is 10.6 Å². The van der Waals surface area contributed by atoms with Crippen molar-refractivity contribution in [2.75, 3.05) is 13.2 Å². The van der Waals surface area contributed by atoms with Gasteiger partial charge >= 0.3 is 5.97 Å². The summed E-state index contributed by atoms with van der Waals surface area (Å²) >= 11 is 1.17. The monoisotopic (exact) mass is 705 g/mol. The molecule has 1 aromatic heterocycles. The van der Waals surface area contributed by atoms with Crippen molar-refractivity contribution in [2.24, 2.45) is 5.41 Å². The first-order chi connectivity index (χ1) is 23.7. The SMILES string of the molecule is CC(=O)O[C@H](C)C(=O)N(CC[C@@H](CF)N1C(=O)c2ccccc2C1=O)[C@H](c1nc(-c2cc(F)ccc2F)sc1Cc1ccccc1)C(C)(C)C. The third-order valence-electron chi connectivity index (χ3n) is 8.53. The van der Waals surface area contributed by atoms with Gasteiger partial charge in [0.15, 0.2) is 6.10 Å². The van der Waals surface area contributed by atoms with E-state index in [0.717, 1.165) is 28.7 Å². The van der Waals surface area contributed by atoms with Crippen molar-refractivity contribution in [1.29, 1.82) is 0 Å². The molecule has 0 saturated carbocycles. The number of carbonyl (C=O) groups excluding carboxylic acids is 4. The van der Waals surface area contributed by atoms with E-state index in [9.17, 15) is 28.0 Å². The van der Waals surface area contributed by atoms with Crippen LogP contribution in [0, 0.1) is 17.0 Å². The smallest absolute Gasteiger partial charge is 0.303 e. The zero-order valence-corrected chi connectivity index (χ0v) is 29.2. The van der Waals surface area contributed by atoms with Gasteiger partial charge in [-0.1, -0.05) is 63.2 Å². The van der Waals surface area contributed by atoms with Crippen molar-refractivity contribution in [2.45, 2.75) is 65.6 Å². The van der Waals surface area contributed by atoms with Crippen molar-refractivity contribution in [1.82, 2.24) is 14.8 Å². The van der Waals surface area contributed by atoms with Crippen LogP contribution in [0.5, 0.6) is 0 Å². The molecule has 0 spiro atoms. The van der Waals surface area contributed by atoms with Crippen molar-refractivity contribution in [3.05, 3.63) is 112 Å². The van der Waals surface area contributed by atoms with Gasteiger partial charge in [0, 0.05) is 30.3 Å². The maximum atomic E-state index is 15.1. The lowest BCUT2D eigenvalue weighted by molar-refractivity contribution is -0.160. The number of alkyl halides is 1. The second-order valence-corrected chi connectivity index (χ2v) is 14.4. The number of benzene rings is 3. The number of ether oxygens (including phenoxy) is 1. The predicted octanol–water partition coefficient (Wildman–Crippen LogP) is 7.57. The van der Waals surface area contributed by atoms with Crippen LogP contribution in [0.25, 0.3) is 10.6 Å². The maximum Gasteiger partial charge on any atom is 0.303 e. The fourth-order valence-electron chi connectivity index (χ4n) is 6.29. The van der Waals surface area contributed by atoms with Crippen LogP contribution in [-0.2, 0) is 20.7 Å². The molecule has 50 heavy (non-hydrogen) atoms. The van der Waals surface area contributed by atoms with Gasteiger partial charge < -0.3 is 9.64 Å². The molecule has 3 amide bonds. The van der Waals surface area contributed by atoms with E-state index in [1.807, 2.05) is 51.1 Å². The molecule has 0 unspecified atom stereocenters. The number of halogens is 3. The number of esters is 1. The third-order valence-corrected chi connectivity index (χ3v) is 9.63. The number of aromatic nitrogens is 1. The second-order valence-electron chi connectivity index (χ2n) is 13.3. The van der Waals surface area contributed by atoms with Crippen LogP contribution in [0.1, 0.15) is 83.9 Å². The zero-order valence-electron chi connectivity index (χ0n) is 28.4. The molecular weight excluding hydrogens is 667 g/mol. The van der Waals surface area contributed by atoms with E-state index < -0.39 is 65.6 Å². The second kappa shape index (κ2) is 15.0. The first kappa shape index (κ1) is 36.4. The molecule has 0 aliphatic carbocycles. The summed E-state index contributed by atoms with van der Waals surface area (Å²) in [5.74, 6) is -3.87. The Hall–Kier alpha value is -4.84. The summed E-state index contributed by atoms with van der Waals surface area (Å²) in [7, 11) is 0. The molecule has 0 N–H and O–H groups in total. The number of thiazole rings is 1. The minimum absolute atomic E-state index is 0.0440. The number of rotatable bonds is 12. The Bertz CT molecular complexity index is 1870. The summed E-state index contributed by atoms with van der Waals surface area (Å²) in [6.45, 7) is 6.99. The van der Waals surface area contributed by atoms with Gasteiger partial charge in [-0.3, -0.25) is 24.1 Å². The number of hydrogen-bond acceptors (Lipinski definition) is 7. The number of hydrogen-bond donors (Lipinski definition) is 0. The summed E-state index contributed by atoms with van der Waals surface area (Å²) in [5.41, 5.74) is 0.841. The number of fused-ring (bicyclic) bond motifs is 1. The summed E-state index contributed by atoms with van der Waals surface area (Å²) in [6, 6.07) is 16.7. The first-order valence-corrected chi connectivity index (χ1v) is 17.0. The van der Waals surface area contributed by atoms with Crippen molar-refractivity contribution < 1.29 is 37.1 Å². The Morgan fingerprint density at radius 2 is 1.56 bits per heavy atom. The Morgan fingerprint density at radius 1 is 0.940 bits per heavy atom. The number of carbonyl (C=O) groups is 4. The summed E-state index contributed by atoms with van der Waals surface area (Å²) in [6.07, 6.45) is -1.05. The van der Waals surface area contributed by atoms with E-state index in [1.165, 1.54) is 42.2 Å². The summed E-state index contributed by atoms with van der Waals surface area (Å²) < 4.78 is 49.6. The van der Waals surface area contributed by atoms with E-state index in [1.54, 1.807) is 12.1 Å². The van der Waals surface area contributed by atoms with Gasteiger partial charge in [-0.15, -0.1) is 11.3 Å². The molecule has 0 bridgehead atoms. The van der Waals surface area contributed by atoms with Gasteiger partial charge in [0.25, 0.3) is 17.7 Å². The minimum Gasteiger partial charge on any atom is -0.453 e. The molecule has 262 valence electrons. The summed E-state index contributed by atoms with van der Waals surface area (Å²) in [4.78, 5) is 60.7. The topological polar surface area (TPSA) is 96.9 Å². The van der Waals surface area contributed by atoms with Gasteiger partial charge in [0.05, 0.1) is 28.9 Å².